The van der Waals surface area contributed by atoms with Crippen LogP contribution in [0.5, 0.6) is 0 Å². The van der Waals surface area contributed by atoms with Crippen molar-refractivity contribution in [2.75, 3.05) is 0 Å². The molecule has 2 aromatic carbocycles. The van der Waals surface area contributed by atoms with Gasteiger partial charge in [-0.1, -0.05) is 36.0 Å². The monoisotopic (exact) mass is 366 g/mol. The summed E-state index contributed by atoms with van der Waals surface area (Å²) in [5.74, 6) is 0.560. The highest BCUT2D eigenvalue weighted by Gasteiger charge is 2.10. The summed E-state index contributed by atoms with van der Waals surface area (Å²) in [5.41, 5.74) is 12.5. The molecule has 26 heavy (non-hydrogen) atoms. The molecule has 4 nitrogen and oxygen atoms in total. The van der Waals surface area contributed by atoms with Gasteiger partial charge in [0.2, 0.25) is 0 Å². The lowest BCUT2D eigenvalue weighted by Gasteiger charge is -2.09. The summed E-state index contributed by atoms with van der Waals surface area (Å²) in [6, 6.07) is 11.7. The highest BCUT2D eigenvalue weighted by molar-refractivity contribution is 8.13. The van der Waals surface area contributed by atoms with Gasteiger partial charge in [-0.2, -0.15) is 0 Å². The third-order valence-corrected chi connectivity index (χ3v) is 5.33. The summed E-state index contributed by atoms with van der Waals surface area (Å²) in [7, 11) is 0. The zero-order valence-corrected chi connectivity index (χ0v) is 16.2. The van der Waals surface area contributed by atoms with E-state index in [1.165, 1.54) is 17.8 Å². The average molecular weight is 366 g/mol. The zero-order chi connectivity index (χ0) is 18.8. The third-order valence-electron chi connectivity index (χ3n) is 4.49. The summed E-state index contributed by atoms with van der Waals surface area (Å²) < 4.78 is 5.42. The topological polar surface area (TPSA) is 68.6 Å². The van der Waals surface area contributed by atoms with Crippen molar-refractivity contribution in [2.45, 2.75) is 33.4 Å². The van der Waals surface area contributed by atoms with Crippen molar-refractivity contribution in [3.05, 3.63) is 74.6 Å². The average Bonchev–Trinajstić information content (AvgIpc) is 2.59. The Morgan fingerprint density at radius 2 is 1.81 bits per heavy atom. The van der Waals surface area contributed by atoms with E-state index in [-0.39, 0.29) is 5.63 Å². The van der Waals surface area contributed by atoms with E-state index in [0.717, 1.165) is 38.9 Å². The molecule has 0 spiro atoms. The number of hydrogen-bond donors (Lipinski definition) is 1. The Bertz CT molecular complexity index is 1070. The first-order valence-electron chi connectivity index (χ1n) is 8.42. The molecule has 0 bridgehead atoms. The van der Waals surface area contributed by atoms with Crippen molar-refractivity contribution in [2.24, 2.45) is 10.7 Å². The number of aliphatic imine (C=N–C) groups is 1. The van der Waals surface area contributed by atoms with Crippen LogP contribution in [0.2, 0.25) is 0 Å². The number of benzene rings is 2. The van der Waals surface area contributed by atoms with Crippen LogP contribution in [0.3, 0.4) is 0 Å². The maximum Gasteiger partial charge on any atom is 0.336 e. The minimum absolute atomic E-state index is 0.341. The molecule has 0 atom stereocenters. The maximum absolute atomic E-state index is 11.9. The van der Waals surface area contributed by atoms with E-state index in [2.05, 4.69) is 11.1 Å². The molecule has 1 heterocycles. The molecule has 2 N–H and O–H groups in total. The normalized spacial score (nSPS) is 11.9. The molecule has 0 fully saturated rings. The number of thioether (sulfide) groups is 1. The standard InChI is InChI=1S/C21H22N2O2S/c1-12-5-6-14(3)18(9-12)23-21(22)26-11-16-10-19(24)25-20-15(4)13(2)7-8-17(16)20/h5-10H,11H2,1-4H3,(H2,22,23). The number of fused-ring (bicyclic) bond motifs is 1. The van der Waals surface area contributed by atoms with Gasteiger partial charge in [-0.25, -0.2) is 9.79 Å². The summed E-state index contributed by atoms with van der Waals surface area (Å²) in [6.45, 7) is 8.01. The van der Waals surface area contributed by atoms with Crippen molar-refractivity contribution in [3.8, 4) is 0 Å². The number of amidine groups is 1. The summed E-state index contributed by atoms with van der Waals surface area (Å²) in [4.78, 5) is 16.5. The summed E-state index contributed by atoms with van der Waals surface area (Å²) >= 11 is 1.42. The van der Waals surface area contributed by atoms with Crippen LogP contribution in [-0.4, -0.2) is 5.17 Å². The van der Waals surface area contributed by atoms with E-state index < -0.39 is 0 Å². The van der Waals surface area contributed by atoms with Crippen LogP contribution in [0.25, 0.3) is 11.0 Å². The Labute approximate surface area is 157 Å². The Morgan fingerprint density at radius 3 is 2.58 bits per heavy atom. The van der Waals surface area contributed by atoms with Crippen LogP contribution in [0.4, 0.5) is 5.69 Å². The van der Waals surface area contributed by atoms with Crippen molar-refractivity contribution in [1.82, 2.24) is 0 Å². The molecular formula is C21H22N2O2S. The Kier molecular flexibility index (Phi) is 5.18. The fourth-order valence-corrected chi connectivity index (χ4v) is 3.49. The maximum atomic E-state index is 11.9. The Hall–Kier alpha value is -2.53. The molecule has 0 aliphatic rings. The van der Waals surface area contributed by atoms with Crippen molar-refractivity contribution in [1.29, 1.82) is 0 Å². The van der Waals surface area contributed by atoms with E-state index in [4.69, 9.17) is 10.2 Å². The Morgan fingerprint density at radius 1 is 1.08 bits per heavy atom. The minimum Gasteiger partial charge on any atom is -0.422 e. The molecule has 5 heteroatoms. The van der Waals surface area contributed by atoms with E-state index in [0.29, 0.717) is 16.5 Å². The largest absolute Gasteiger partial charge is 0.422 e. The van der Waals surface area contributed by atoms with Crippen molar-refractivity contribution < 1.29 is 4.42 Å². The molecule has 0 radical (unpaired) electrons. The second-order valence-electron chi connectivity index (χ2n) is 6.50. The van der Waals surface area contributed by atoms with Gasteiger partial charge >= 0.3 is 5.63 Å². The van der Waals surface area contributed by atoms with Crippen molar-refractivity contribution in [3.63, 3.8) is 0 Å². The molecule has 0 amide bonds. The lowest BCUT2D eigenvalue weighted by atomic mass is 10.0. The van der Waals surface area contributed by atoms with Crippen LogP contribution in [0, 0.1) is 27.7 Å². The van der Waals surface area contributed by atoms with Crippen LogP contribution >= 0.6 is 11.8 Å². The predicted molar refractivity (Wildman–Crippen MR) is 110 cm³/mol. The molecular weight excluding hydrogens is 344 g/mol. The molecule has 0 saturated carbocycles. The predicted octanol–water partition coefficient (Wildman–Crippen LogP) is 4.91. The van der Waals surface area contributed by atoms with Gasteiger partial charge < -0.3 is 10.2 Å². The molecule has 0 aliphatic heterocycles. The number of nitrogens with two attached hydrogens (primary N) is 1. The third kappa shape index (κ3) is 3.83. The highest BCUT2D eigenvalue weighted by Crippen LogP contribution is 2.27. The first-order valence-corrected chi connectivity index (χ1v) is 9.41. The zero-order valence-electron chi connectivity index (χ0n) is 15.4. The number of nitrogens with zero attached hydrogens (tertiary/aromatic N) is 1. The van der Waals surface area contributed by atoms with Crippen LogP contribution in [-0.2, 0) is 5.75 Å². The van der Waals surface area contributed by atoms with Crippen LogP contribution in [0.1, 0.15) is 27.8 Å². The summed E-state index contributed by atoms with van der Waals surface area (Å²) in [5, 5.41) is 1.42. The van der Waals surface area contributed by atoms with Gasteiger partial charge in [0, 0.05) is 17.2 Å². The smallest absolute Gasteiger partial charge is 0.336 e. The van der Waals surface area contributed by atoms with Gasteiger partial charge in [0.25, 0.3) is 0 Å². The molecule has 3 aromatic rings. The van der Waals surface area contributed by atoms with Crippen LogP contribution < -0.4 is 11.4 Å². The molecule has 0 aliphatic carbocycles. The number of hydrogen-bond acceptors (Lipinski definition) is 4. The molecule has 0 saturated heterocycles. The van der Waals surface area contributed by atoms with E-state index >= 15 is 0 Å². The fourth-order valence-electron chi connectivity index (χ4n) is 2.79. The van der Waals surface area contributed by atoms with Crippen LogP contribution in [0.15, 0.2) is 50.6 Å². The van der Waals surface area contributed by atoms with E-state index in [9.17, 15) is 4.79 Å². The second-order valence-corrected chi connectivity index (χ2v) is 7.50. The van der Waals surface area contributed by atoms with Gasteiger partial charge in [0.15, 0.2) is 5.17 Å². The number of rotatable bonds is 3. The van der Waals surface area contributed by atoms with Gasteiger partial charge in [0.1, 0.15) is 5.58 Å². The van der Waals surface area contributed by atoms with E-state index in [1.54, 1.807) is 0 Å². The molecule has 1 aromatic heterocycles. The Balaban J connectivity index is 1.90. The SMILES string of the molecule is Cc1ccc(C)c(N=C(N)SCc2cc(=O)oc3c(C)c(C)ccc23)c1. The van der Waals surface area contributed by atoms with E-state index in [1.807, 2.05) is 52.0 Å². The molecule has 3 rings (SSSR count). The highest BCUT2D eigenvalue weighted by atomic mass is 32.2. The molecule has 134 valence electrons. The quantitative estimate of drug-likeness (QED) is 0.406. The van der Waals surface area contributed by atoms with Gasteiger partial charge in [-0.3, -0.25) is 0 Å². The first-order chi connectivity index (χ1) is 12.3. The summed E-state index contributed by atoms with van der Waals surface area (Å²) in [6.07, 6.45) is 0. The van der Waals surface area contributed by atoms with Crippen molar-refractivity contribution >= 4 is 33.6 Å². The lowest BCUT2D eigenvalue weighted by molar-refractivity contribution is 0.557. The lowest BCUT2D eigenvalue weighted by Crippen LogP contribution is -2.08. The van der Waals surface area contributed by atoms with Gasteiger partial charge in [-0.05, 0) is 61.6 Å². The fraction of sp³-hybridized carbons (Fsp3) is 0.238. The first kappa shape index (κ1) is 18.3. The number of aryl methyl sites for hydroxylation is 4. The molecule has 0 unspecified atom stereocenters. The second kappa shape index (κ2) is 7.38. The van der Waals surface area contributed by atoms with Gasteiger partial charge in [0.05, 0.1) is 5.69 Å². The minimum atomic E-state index is -0.341. The van der Waals surface area contributed by atoms with Gasteiger partial charge in [-0.15, -0.1) is 0 Å².